The average molecular weight is 341 g/mol. The predicted molar refractivity (Wildman–Crippen MR) is 104 cm³/mol. The van der Waals surface area contributed by atoms with Crippen molar-refractivity contribution in [1.29, 1.82) is 0 Å². The summed E-state index contributed by atoms with van der Waals surface area (Å²) in [6.45, 7) is 2.27. The minimum absolute atomic E-state index is 0.0832. The van der Waals surface area contributed by atoms with Crippen molar-refractivity contribution in [2.75, 3.05) is 21.1 Å². The Bertz CT molecular complexity index is 318. The summed E-state index contributed by atoms with van der Waals surface area (Å²) < 4.78 is 0.254. The second-order valence-electron chi connectivity index (χ2n) is 7.69. The Morgan fingerprint density at radius 2 is 1.21 bits per heavy atom. The van der Waals surface area contributed by atoms with Gasteiger partial charge in [0.05, 0.1) is 6.42 Å². The van der Waals surface area contributed by atoms with Crippen LogP contribution in [0.15, 0.2) is 12.2 Å². The van der Waals surface area contributed by atoms with Crippen LogP contribution in [0.1, 0.15) is 96.8 Å². The molecule has 3 heteroatoms. The van der Waals surface area contributed by atoms with Crippen molar-refractivity contribution in [3.05, 3.63) is 12.2 Å². The quantitative estimate of drug-likeness (QED) is 0.145. The van der Waals surface area contributed by atoms with Gasteiger partial charge >= 0.3 is 5.97 Å². The van der Waals surface area contributed by atoms with Crippen molar-refractivity contribution in [2.45, 2.75) is 96.8 Å². The SMILES string of the molecule is CCCCCCCC/C=C\CCCCCCCC(=O)O[N+](C)(C)C. The lowest BCUT2D eigenvalue weighted by Crippen LogP contribution is -2.36. The van der Waals surface area contributed by atoms with Gasteiger partial charge in [0.2, 0.25) is 0 Å². The molecule has 0 aliphatic heterocycles. The van der Waals surface area contributed by atoms with Crippen LogP contribution in [0, 0.1) is 0 Å². The number of rotatable bonds is 16. The fourth-order valence-electron chi connectivity index (χ4n) is 2.69. The van der Waals surface area contributed by atoms with Crippen LogP contribution in [-0.2, 0) is 9.63 Å². The van der Waals surface area contributed by atoms with Gasteiger partial charge in [0.15, 0.2) is 0 Å². The van der Waals surface area contributed by atoms with E-state index in [1.807, 2.05) is 21.1 Å². The highest BCUT2D eigenvalue weighted by Crippen LogP contribution is 2.10. The maximum absolute atomic E-state index is 11.5. The van der Waals surface area contributed by atoms with E-state index in [9.17, 15) is 4.79 Å². The van der Waals surface area contributed by atoms with Gasteiger partial charge in [-0.05, 0) is 32.1 Å². The van der Waals surface area contributed by atoms with Crippen LogP contribution in [0.3, 0.4) is 0 Å². The first-order valence-electron chi connectivity index (χ1n) is 10.1. The van der Waals surface area contributed by atoms with Crippen molar-refractivity contribution >= 4 is 5.97 Å². The van der Waals surface area contributed by atoms with Gasteiger partial charge in [0.1, 0.15) is 21.1 Å². The van der Waals surface area contributed by atoms with Crippen molar-refractivity contribution < 1.29 is 14.3 Å². The van der Waals surface area contributed by atoms with Gasteiger partial charge in [0.25, 0.3) is 0 Å². The molecule has 0 saturated heterocycles. The molecule has 0 saturated carbocycles. The zero-order valence-electron chi connectivity index (χ0n) is 16.8. The molecule has 0 atom stereocenters. The molecule has 0 rings (SSSR count). The summed E-state index contributed by atoms with van der Waals surface area (Å²) in [5.41, 5.74) is 0. The zero-order valence-corrected chi connectivity index (χ0v) is 16.8. The largest absolute Gasteiger partial charge is 0.366 e. The summed E-state index contributed by atoms with van der Waals surface area (Å²) in [4.78, 5) is 16.8. The normalized spacial score (nSPS) is 12.0. The Balaban J connectivity index is 3.25. The van der Waals surface area contributed by atoms with E-state index in [2.05, 4.69) is 19.1 Å². The monoisotopic (exact) mass is 340 g/mol. The van der Waals surface area contributed by atoms with Crippen LogP contribution in [0.25, 0.3) is 0 Å². The minimum atomic E-state index is -0.0832. The fourth-order valence-corrected chi connectivity index (χ4v) is 2.69. The maximum atomic E-state index is 11.5. The lowest BCUT2D eigenvalue weighted by atomic mass is 10.1. The summed E-state index contributed by atoms with van der Waals surface area (Å²) in [6.07, 6.45) is 21.9. The van der Waals surface area contributed by atoms with Gasteiger partial charge < -0.3 is 0 Å². The van der Waals surface area contributed by atoms with E-state index in [4.69, 9.17) is 4.84 Å². The topological polar surface area (TPSA) is 26.3 Å². The molecule has 0 bridgehead atoms. The van der Waals surface area contributed by atoms with Crippen LogP contribution < -0.4 is 0 Å². The fraction of sp³-hybridized carbons (Fsp3) is 0.857. The molecule has 0 radical (unpaired) electrons. The van der Waals surface area contributed by atoms with Gasteiger partial charge in [0, 0.05) is 0 Å². The molecule has 142 valence electrons. The Hall–Kier alpha value is -0.830. The number of carbonyl (C=O) groups is 1. The molecule has 0 N–H and O–H groups in total. The predicted octanol–water partition coefficient (Wildman–Crippen LogP) is 6.19. The van der Waals surface area contributed by atoms with E-state index in [0.717, 1.165) is 12.8 Å². The van der Waals surface area contributed by atoms with Crippen molar-refractivity contribution in [1.82, 2.24) is 0 Å². The third-order valence-corrected chi connectivity index (χ3v) is 4.02. The van der Waals surface area contributed by atoms with Crippen molar-refractivity contribution in [2.24, 2.45) is 0 Å². The van der Waals surface area contributed by atoms with Crippen molar-refractivity contribution in [3.8, 4) is 0 Å². The molecule has 0 aromatic carbocycles. The standard InChI is InChI=1S/C21H42NO2/c1-5-6-7-8-9-10-11-12-13-14-15-16-17-18-19-20-21(23)24-22(2,3)4/h12-13H,5-11,14-20H2,1-4H3/q+1/b13-12-. The molecule has 0 heterocycles. The molecular weight excluding hydrogens is 298 g/mol. The first-order chi connectivity index (χ1) is 11.5. The summed E-state index contributed by atoms with van der Waals surface area (Å²) in [5.74, 6) is -0.0832. The van der Waals surface area contributed by atoms with E-state index in [-0.39, 0.29) is 10.6 Å². The number of hydrogen-bond acceptors (Lipinski definition) is 2. The van der Waals surface area contributed by atoms with Gasteiger partial charge in [-0.15, -0.1) is 4.65 Å². The number of carbonyl (C=O) groups excluding carboxylic acids is 1. The number of allylic oxidation sites excluding steroid dienone is 2. The van der Waals surface area contributed by atoms with E-state index in [0.29, 0.717) is 6.42 Å². The van der Waals surface area contributed by atoms with Gasteiger partial charge in [-0.25, -0.2) is 4.79 Å². The zero-order chi connectivity index (χ0) is 18.1. The highest BCUT2D eigenvalue weighted by atomic mass is 16.7. The molecule has 24 heavy (non-hydrogen) atoms. The van der Waals surface area contributed by atoms with E-state index in [1.54, 1.807) is 0 Å². The highest BCUT2D eigenvalue weighted by molar-refractivity contribution is 5.68. The molecule has 0 aromatic rings. The summed E-state index contributed by atoms with van der Waals surface area (Å²) in [6, 6.07) is 0. The van der Waals surface area contributed by atoms with E-state index < -0.39 is 0 Å². The second-order valence-corrected chi connectivity index (χ2v) is 7.69. The van der Waals surface area contributed by atoms with E-state index >= 15 is 0 Å². The third-order valence-electron chi connectivity index (χ3n) is 4.02. The van der Waals surface area contributed by atoms with Crippen LogP contribution in [0.4, 0.5) is 0 Å². The molecule has 0 unspecified atom stereocenters. The van der Waals surface area contributed by atoms with Crippen LogP contribution in [0.5, 0.6) is 0 Å². The number of hydrogen-bond donors (Lipinski definition) is 0. The highest BCUT2D eigenvalue weighted by Gasteiger charge is 2.14. The van der Waals surface area contributed by atoms with Gasteiger partial charge in [-0.1, -0.05) is 70.4 Å². The minimum Gasteiger partial charge on any atom is -0.277 e. The lowest BCUT2D eigenvalue weighted by Gasteiger charge is -2.20. The smallest absolute Gasteiger partial charge is 0.277 e. The summed E-state index contributed by atoms with van der Waals surface area (Å²) in [5, 5.41) is 0. The molecule has 0 fully saturated rings. The second kappa shape index (κ2) is 15.7. The van der Waals surface area contributed by atoms with Crippen LogP contribution >= 0.6 is 0 Å². The first kappa shape index (κ1) is 23.2. The molecule has 0 aliphatic carbocycles. The number of quaternary nitrogens is 1. The Morgan fingerprint density at radius 3 is 1.71 bits per heavy atom. The maximum Gasteiger partial charge on any atom is 0.366 e. The Labute approximate surface area is 151 Å². The van der Waals surface area contributed by atoms with Crippen LogP contribution in [0.2, 0.25) is 0 Å². The van der Waals surface area contributed by atoms with Crippen molar-refractivity contribution in [3.63, 3.8) is 0 Å². The molecule has 0 aliphatic rings. The number of hydroxylamine groups is 3. The Kier molecular flexibility index (Phi) is 15.1. The van der Waals surface area contributed by atoms with Gasteiger partial charge in [-0.2, -0.15) is 0 Å². The van der Waals surface area contributed by atoms with E-state index in [1.165, 1.54) is 70.6 Å². The molecule has 0 aromatic heterocycles. The number of unbranched alkanes of at least 4 members (excludes halogenated alkanes) is 11. The molecule has 3 nitrogen and oxygen atoms in total. The molecular formula is C21H42NO2+. The third kappa shape index (κ3) is 19.2. The first-order valence-corrected chi connectivity index (χ1v) is 10.1. The number of nitrogens with zero attached hydrogens (tertiary/aromatic N) is 1. The average Bonchev–Trinajstić information content (AvgIpc) is 2.49. The van der Waals surface area contributed by atoms with Crippen LogP contribution in [-0.4, -0.2) is 31.8 Å². The van der Waals surface area contributed by atoms with Gasteiger partial charge in [-0.3, -0.25) is 4.84 Å². The lowest BCUT2D eigenvalue weighted by molar-refractivity contribution is -1.04. The Morgan fingerprint density at radius 1 is 0.750 bits per heavy atom. The molecule has 0 spiro atoms. The summed E-state index contributed by atoms with van der Waals surface area (Å²) >= 11 is 0. The molecule has 0 amide bonds. The summed E-state index contributed by atoms with van der Waals surface area (Å²) in [7, 11) is 5.58.